The number of rotatable bonds is 6. The summed E-state index contributed by atoms with van der Waals surface area (Å²) in [5.74, 6) is -0.733. The molecule has 1 aliphatic rings. The van der Waals surface area contributed by atoms with Crippen molar-refractivity contribution in [1.29, 1.82) is 0 Å². The standard InChI is InChI=1S/C13H25NO3/c1-4-7-14(10-12(15)16)11-6-8-17-13(3,5-2)9-11/h11H,4-10H2,1-3H3,(H,15,16). The van der Waals surface area contributed by atoms with Gasteiger partial charge in [-0.05, 0) is 39.2 Å². The summed E-state index contributed by atoms with van der Waals surface area (Å²) in [7, 11) is 0. The normalized spacial score (nSPS) is 29.5. The van der Waals surface area contributed by atoms with Crippen LogP contribution in [0, 0.1) is 0 Å². The van der Waals surface area contributed by atoms with Gasteiger partial charge in [0.05, 0.1) is 12.1 Å². The van der Waals surface area contributed by atoms with Gasteiger partial charge in [-0.1, -0.05) is 13.8 Å². The number of aliphatic carboxylic acids is 1. The van der Waals surface area contributed by atoms with Gasteiger partial charge in [0.2, 0.25) is 0 Å². The largest absolute Gasteiger partial charge is 0.480 e. The maximum Gasteiger partial charge on any atom is 0.317 e. The summed E-state index contributed by atoms with van der Waals surface area (Å²) in [6.45, 7) is 8.10. The van der Waals surface area contributed by atoms with Crippen molar-refractivity contribution >= 4 is 5.97 Å². The van der Waals surface area contributed by atoms with Crippen LogP contribution in [0.15, 0.2) is 0 Å². The fraction of sp³-hybridized carbons (Fsp3) is 0.923. The Morgan fingerprint density at radius 2 is 2.24 bits per heavy atom. The molecular weight excluding hydrogens is 218 g/mol. The van der Waals surface area contributed by atoms with Crippen molar-refractivity contribution in [2.24, 2.45) is 0 Å². The Morgan fingerprint density at radius 1 is 1.53 bits per heavy atom. The first kappa shape index (κ1) is 14.5. The fourth-order valence-electron chi connectivity index (χ4n) is 2.51. The lowest BCUT2D eigenvalue weighted by molar-refractivity contribution is -0.141. The van der Waals surface area contributed by atoms with E-state index in [9.17, 15) is 4.79 Å². The van der Waals surface area contributed by atoms with Crippen LogP contribution in [0.5, 0.6) is 0 Å². The van der Waals surface area contributed by atoms with E-state index in [2.05, 4.69) is 25.7 Å². The Kier molecular flexibility index (Phi) is 5.40. The Hall–Kier alpha value is -0.610. The molecule has 0 amide bonds. The van der Waals surface area contributed by atoms with Crippen molar-refractivity contribution in [1.82, 2.24) is 4.90 Å². The van der Waals surface area contributed by atoms with Gasteiger partial charge in [0, 0.05) is 12.6 Å². The zero-order valence-corrected chi connectivity index (χ0v) is 11.2. The van der Waals surface area contributed by atoms with Crippen LogP contribution in [0.1, 0.15) is 46.5 Å². The van der Waals surface area contributed by atoms with E-state index in [0.717, 1.165) is 38.8 Å². The smallest absolute Gasteiger partial charge is 0.317 e. The molecule has 1 rings (SSSR count). The van der Waals surface area contributed by atoms with Crippen molar-refractivity contribution in [3.8, 4) is 0 Å². The predicted octanol–water partition coefficient (Wildman–Crippen LogP) is 2.13. The first-order chi connectivity index (χ1) is 8.00. The summed E-state index contributed by atoms with van der Waals surface area (Å²) in [4.78, 5) is 13.0. The maximum absolute atomic E-state index is 10.9. The highest BCUT2D eigenvalue weighted by Gasteiger charge is 2.34. The van der Waals surface area contributed by atoms with Crippen molar-refractivity contribution < 1.29 is 14.6 Å². The highest BCUT2D eigenvalue weighted by atomic mass is 16.5. The minimum atomic E-state index is -0.733. The third-order valence-corrected chi connectivity index (χ3v) is 3.68. The maximum atomic E-state index is 10.9. The van der Waals surface area contributed by atoms with Crippen LogP contribution in [0.25, 0.3) is 0 Å². The number of nitrogens with zero attached hydrogens (tertiary/aromatic N) is 1. The number of carboxylic acid groups (broad SMARTS) is 1. The molecule has 0 aliphatic carbocycles. The molecule has 17 heavy (non-hydrogen) atoms. The molecule has 1 N–H and O–H groups in total. The Labute approximate surface area is 104 Å². The summed E-state index contributed by atoms with van der Waals surface area (Å²) < 4.78 is 5.80. The monoisotopic (exact) mass is 243 g/mol. The van der Waals surface area contributed by atoms with E-state index in [1.54, 1.807) is 0 Å². The lowest BCUT2D eigenvalue weighted by atomic mass is 9.89. The van der Waals surface area contributed by atoms with Gasteiger partial charge in [0.15, 0.2) is 0 Å². The molecule has 1 heterocycles. The van der Waals surface area contributed by atoms with E-state index in [4.69, 9.17) is 9.84 Å². The Bertz CT molecular complexity index is 257. The number of carboxylic acids is 1. The van der Waals surface area contributed by atoms with Crippen LogP contribution in [0.4, 0.5) is 0 Å². The molecule has 0 radical (unpaired) electrons. The van der Waals surface area contributed by atoms with Gasteiger partial charge >= 0.3 is 5.97 Å². The first-order valence-electron chi connectivity index (χ1n) is 6.60. The molecule has 2 unspecified atom stereocenters. The molecule has 1 aliphatic heterocycles. The van der Waals surface area contributed by atoms with Crippen molar-refractivity contribution in [2.45, 2.75) is 58.1 Å². The van der Waals surface area contributed by atoms with Gasteiger partial charge in [0.1, 0.15) is 0 Å². The highest BCUT2D eigenvalue weighted by Crippen LogP contribution is 2.30. The van der Waals surface area contributed by atoms with Crippen LogP contribution in [0.2, 0.25) is 0 Å². The topological polar surface area (TPSA) is 49.8 Å². The SMILES string of the molecule is CCCN(CC(=O)O)C1CCOC(C)(CC)C1. The van der Waals surface area contributed by atoms with Crippen molar-refractivity contribution in [2.75, 3.05) is 19.7 Å². The van der Waals surface area contributed by atoms with Crippen LogP contribution in [-0.4, -0.2) is 47.3 Å². The molecule has 100 valence electrons. The molecule has 2 atom stereocenters. The molecule has 1 fully saturated rings. The molecule has 0 spiro atoms. The number of ether oxygens (including phenoxy) is 1. The lowest BCUT2D eigenvalue weighted by Gasteiger charge is -2.42. The average molecular weight is 243 g/mol. The Morgan fingerprint density at radius 3 is 2.76 bits per heavy atom. The van der Waals surface area contributed by atoms with Gasteiger partial charge in [0.25, 0.3) is 0 Å². The van der Waals surface area contributed by atoms with Gasteiger partial charge in [-0.2, -0.15) is 0 Å². The minimum absolute atomic E-state index is 0.0760. The van der Waals surface area contributed by atoms with Gasteiger partial charge in [-0.15, -0.1) is 0 Å². The third kappa shape index (κ3) is 4.28. The fourth-order valence-corrected chi connectivity index (χ4v) is 2.51. The van der Waals surface area contributed by atoms with Gasteiger partial charge in [-0.3, -0.25) is 9.69 Å². The van der Waals surface area contributed by atoms with Crippen molar-refractivity contribution in [3.05, 3.63) is 0 Å². The second-order valence-electron chi connectivity index (χ2n) is 5.16. The molecule has 4 heteroatoms. The summed E-state index contributed by atoms with van der Waals surface area (Å²) in [5, 5.41) is 8.96. The van der Waals surface area contributed by atoms with E-state index >= 15 is 0 Å². The zero-order chi connectivity index (χ0) is 12.9. The number of carbonyl (C=O) groups is 1. The molecule has 0 aromatic heterocycles. The van der Waals surface area contributed by atoms with E-state index in [0.29, 0.717) is 6.04 Å². The quantitative estimate of drug-likeness (QED) is 0.776. The van der Waals surface area contributed by atoms with E-state index in [1.165, 1.54) is 0 Å². The molecule has 0 bridgehead atoms. The molecule has 4 nitrogen and oxygen atoms in total. The summed E-state index contributed by atoms with van der Waals surface area (Å²) in [6, 6.07) is 0.352. The first-order valence-corrected chi connectivity index (χ1v) is 6.60. The molecule has 1 saturated heterocycles. The van der Waals surface area contributed by atoms with E-state index < -0.39 is 5.97 Å². The van der Waals surface area contributed by atoms with Crippen molar-refractivity contribution in [3.63, 3.8) is 0 Å². The molecule has 0 aromatic carbocycles. The van der Waals surface area contributed by atoms with Crippen LogP contribution < -0.4 is 0 Å². The number of hydrogen-bond donors (Lipinski definition) is 1. The molecule has 0 saturated carbocycles. The van der Waals surface area contributed by atoms with Gasteiger partial charge in [-0.25, -0.2) is 0 Å². The second kappa shape index (κ2) is 6.36. The number of hydrogen-bond acceptors (Lipinski definition) is 3. The summed E-state index contributed by atoms with van der Waals surface area (Å²) in [5.41, 5.74) is -0.0760. The molecule has 0 aromatic rings. The van der Waals surface area contributed by atoms with E-state index in [1.807, 2.05) is 0 Å². The zero-order valence-electron chi connectivity index (χ0n) is 11.2. The Balaban J connectivity index is 2.63. The second-order valence-corrected chi connectivity index (χ2v) is 5.16. The minimum Gasteiger partial charge on any atom is -0.480 e. The molecular formula is C13H25NO3. The van der Waals surface area contributed by atoms with Crippen LogP contribution in [-0.2, 0) is 9.53 Å². The summed E-state index contributed by atoms with van der Waals surface area (Å²) >= 11 is 0. The van der Waals surface area contributed by atoms with Crippen LogP contribution >= 0.6 is 0 Å². The summed E-state index contributed by atoms with van der Waals surface area (Å²) in [6.07, 6.45) is 3.86. The highest BCUT2D eigenvalue weighted by molar-refractivity contribution is 5.69. The van der Waals surface area contributed by atoms with Gasteiger partial charge < -0.3 is 9.84 Å². The average Bonchev–Trinajstić information content (AvgIpc) is 2.28. The third-order valence-electron chi connectivity index (χ3n) is 3.68. The lowest BCUT2D eigenvalue weighted by Crippen LogP contribution is -2.48. The van der Waals surface area contributed by atoms with Crippen LogP contribution in [0.3, 0.4) is 0 Å². The van der Waals surface area contributed by atoms with E-state index in [-0.39, 0.29) is 12.1 Å². The predicted molar refractivity (Wildman–Crippen MR) is 67.2 cm³/mol.